The lowest BCUT2D eigenvalue weighted by Gasteiger charge is -2.26. The molecule has 0 saturated carbocycles. The summed E-state index contributed by atoms with van der Waals surface area (Å²) in [6.45, 7) is 5.40. The van der Waals surface area contributed by atoms with Crippen molar-refractivity contribution in [1.29, 1.82) is 0 Å². The Hall–Kier alpha value is -1.80. The molecule has 0 spiro atoms. The fourth-order valence-corrected chi connectivity index (χ4v) is 2.61. The average Bonchev–Trinajstić information content (AvgIpc) is 2.71. The number of nitrogens with one attached hydrogen (secondary N) is 1. The van der Waals surface area contributed by atoms with E-state index in [0.717, 1.165) is 32.6 Å². The molecule has 1 saturated heterocycles. The quantitative estimate of drug-likeness (QED) is 0.911. The van der Waals surface area contributed by atoms with Crippen molar-refractivity contribution in [2.45, 2.75) is 25.7 Å². The zero-order valence-corrected chi connectivity index (χ0v) is 13.8. The van der Waals surface area contributed by atoms with Crippen molar-refractivity contribution in [3.05, 3.63) is 24.3 Å². The summed E-state index contributed by atoms with van der Waals surface area (Å²) in [7, 11) is 2.05. The maximum atomic E-state index is 12.3. The van der Waals surface area contributed by atoms with Crippen molar-refractivity contribution >= 4 is 11.6 Å². The average molecular weight is 345 g/mol. The third-order valence-electron chi connectivity index (χ3n) is 4.04. The van der Waals surface area contributed by atoms with Gasteiger partial charge in [0.1, 0.15) is 5.75 Å². The Balaban J connectivity index is 1.91. The van der Waals surface area contributed by atoms with Crippen LogP contribution < -0.4 is 10.1 Å². The molecule has 2 rings (SSSR count). The van der Waals surface area contributed by atoms with Gasteiger partial charge in [0.2, 0.25) is 5.91 Å². The number of amides is 1. The van der Waals surface area contributed by atoms with Gasteiger partial charge in [-0.2, -0.15) is 0 Å². The van der Waals surface area contributed by atoms with Gasteiger partial charge in [0.05, 0.1) is 6.04 Å². The summed E-state index contributed by atoms with van der Waals surface area (Å²) in [5.41, 5.74) is 0.438. The number of alkyl halides is 3. The molecule has 24 heavy (non-hydrogen) atoms. The highest BCUT2D eigenvalue weighted by atomic mass is 19.4. The highest BCUT2D eigenvalue weighted by Gasteiger charge is 2.31. The lowest BCUT2D eigenvalue weighted by Crippen LogP contribution is -2.43. The Morgan fingerprint density at radius 3 is 2.46 bits per heavy atom. The smallest absolute Gasteiger partial charge is 0.406 e. The van der Waals surface area contributed by atoms with Crippen LogP contribution in [0.3, 0.4) is 0 Å². The Morgan fingerprint density at radius 1 is 1.17 bits per heavy atom. The molecule has 1 amide bonds. The van der Waals surface area contributed by atoms with E-state index < -0.39 is 6.36 Å². The third-order valence-corrected chi connectivity index (χ3v) is 4.04. The Kier molecular flexibility index (Phi) is 6.06. The Labute approximate surface area is 139 Å². The molecule has 0 bridgehead atoms. The first-order valence-electron chi connectivity index (χ1n) is 7.84. The lowest BCUT2D eigenvalue weighted by atomic mass is 10.2. The third kappa shape index (κ3) is 5.68. The predicted molar refractivity (Wildman–Crippen MR) is 84.9 cm³/mol. The Bertz CT molecular complexity index is 548. The van der Waals surface area contributed by atoms with Crippen LogP contribution in [-0.2, 0) is 4.79 Å². The molecule has 8 heteroatoms. The molecule has 1 heterocycles. The van der Waals surface area contributed by atoms with E-state index in [9.17, 15) is 18.0 Å². The van der Waals surface area contributed by atoms with Gasteiger partial charge < -0.3 is 15.0 Å². The Morgan fingerprint density at radius 2 is 1.83 bits per heavy atom. The van der Waals surface area contributed by atoms with Crippen molar-refractivity contribution in [2.24, 2.45) is 0 Å². The minimum Gasteiger partial charge on any atom is -0.406 e. The van der Waals surface area contributed by atoms with Crippen LogP contribution in [0.1, 0.15) is 13.3 Å². The zero-order chi connectivity index (χ0) is 17.7. The summed E-state index contributed by atoms with van der Waals surface area (Å²) in [4.78, 5) is 16.7. The molecule has 1 aromatic rings. The summed E-state index contributed by atoms with van der Waals surface area (Å²) in [5.74, 6) is -0.492. The molecule has 1 aliphatic heterocycles. The van der Waals surface area contributed by atoms with Crippen molar-refractivity contribution in [3.8, 4) is 5.75 Å². The molecule has 0 aromatic heterocycles. The molecular weight excluding hydrogens is 323 g/mol. The predicted octanol–water partition coefficient (Wildman–Crippen LogP) is 2.55. The molecule has 0 radical (unpaired) electrons. The normalized spacial score (nSPS) is 18.7. The van der Waals surface area contributed by atoms with Gasteiger partial charge in [0.25, 0.3) is 0 Å². The number of halogens is 3. The molecule has 1 atom stereocenters. The summed E-state index contributed by atoms with van der Waals surface area (Å²) in [6, 6.07) is 4.83. The van der Waals surface area contributed by atoms with Gasteiger partial charge in [-0.3, -0.25) is 9.69 Å². The fourth-order valence-electron chi connectivity index (χ4n) is 2.61. The van der Waals surface area contributed by atoms with Crippen LogP contribution in [0.25, 0.3) is 0 Å². The zero-order valence-electron chi connectivity index (χ0n) is 13.8. The van der Waals surface area contributed by atoms with Gasteiger partial charge in [-0.15, -0.1) is 13.2 Å². The second kappa shape index (κ2) is 7.85. The second-order valence-corrected chi connectivity index (χ2v) is 5.93. The molecule has 1 aromatic carbocycles. The number of hydrogen-bond donors (Lipinski definition) is 1. The summed E-state index contributed by atoms with van der Waals surface area (Å²) in [5, 5.41) is 2.73. The number of likely N-dealkylation sites (N-methyl/N-ethyl adjacent to an activating group) is 1. The molecule has 1 aliphatic rings. The number of hydrogen-bond acceptors (Lipinski definition) is 4. The molecular formula is C16H22F3N3O2. The van der Waals surface area contributed by atoms with Crippen molar-refractivity contribution in [3.63, 3.8) is 0 Å². The van der Waals surface area contributed by atoms with Crippen LogP contribution in [0.5, 0.6) is 5.75 Å². The largest absolute Gasteiger partial charge is 0.573 e. The van der Waals surface area contributed by atoms with E-state index in [-0.39, 0.29) is 17.7 Å². The van der Waals surface area contributed by atoms with Gasteiger partial charge in [-0.25, -0.2) is 0 Å². The molecule has 1 N–H and O–H groups in total. The highest BCUT2D eigenvalue weighted by Crippen LogP contribution is 2.24. The summed E-state index contributed by atoms with van der Waals surface area (Å²) < 4.78 is 40.2. The molecule has 134 valence electrons. The minimum atomic E-state index is -4.72. The number of nitrogens with zero attached hydrogens (tertiary/aromatic N) is 2. The number of benzene rings is 1. The standard InChI is InChI=1S/C16H22F3N3O2/c1-12(22-9-3-8-21(2)10-11-22)15(23)20-13-4-6-14(7-5-13)24-16(17,18)19/h4-7,12H,3,8-11H2,1-2H3,(H,20,23)/t12-/m1/s1. The van der Waals surface area contributed by atoms with E-state index >= 15 is 0 Å². The number of ether oxygens (including phenoxy) is 1. The van der Waals surface area contributed by atoms with E-state index in [1.807, 2.05) is 6.92 Å². The van der Waals surface area contributed by atoms with Gasteiger partial charge in [-0.05, 0) is 51.2 Å². The first kappa shape index (κ1) is 18.5. The highest BCUT2D eigenvalue weighted by molar-refractivity contribution is 5.94. The number of carbonyl (C=O) groups excluding carboxylic acids is 1. The maximum Gasteiger partial charge on any atom is 0.573 e. The van der Waals surface area contributed by atoms with Gasteiger partial charge in [-0.1, -0.05) is 0 Å². The van der Waals surface area contributed by atoms with Crippen LogP contribution >= 0.6 is 0 Å². The molecule has 0 aliphatic carbocycles. The van der Waals surface area contributed by atoms with Crippen LogP contribution in [0.4, 0.5) is 18.9 Å². The molecule has 5 nitrogen and oxygen atoms in total. The first-order valence-corrected chi connectivity index (χ1v) is 7.84. The lowest BCUT2D eigenvalue weighted by molar-refractivity contribution is -0.274. The van der Waals surface area contributed by atoms with Crippen LogP contribution in [0.2, 0.25) is 0 Å². The van der Waals surface area contributed by atoms with Crippen LogP contribution in [-0.4, -0.2) is 61.3 Å². The molecule has 0 unspecified atom stereocenters. The van der Waals surface area contributed by atoms with Crippen molar-refractivity contribution in [1.82, 2.24) is 9.80 Å². The van der Waals surface area contributed by atoms with Gasteiger partial charge >= 0.3 is 6.36 Å². The first-order chi connectivity index (χ1) is 11.2. The van der Waals surface area contributed by atoms with E-state index in [2.05, 4.69) is 26.9 Å². The second-order valence-electron chi connectivity index (χ2n) is 5.93. The fraction of sp³-hybridized carbons (Fsp3) is 0.562. The number of carbonyl (C=O) groups is 1. The maximum absolute atomic E-state index is 12.3. The van der Waals surface area contributed by atoms with Gasteiger partial charge in [0.15, 0.2) is 0 Å². The van der Waals surface area contributed by atoms with Crippen LogP contribution in [0.15, 0.2) is 24.3 Å². The van der Waals surface area contributed by atoms with E-state index in [1.54, 1.807) is 0 Å². The SMILES string of the molecule is C[C@H](C(=O)Nc1ccc(OC(F)(F)F)cc1)N1CCCN(C)CC1. The van der Waals surface area contributed by atoms with E-state index in [1.165, 1.54) is 24.3 Å². The van der Waals surface area contributed by atoms with Crippen molar-refractivity contribution < 1.29 is 22.7 Å². The van der Waals surface area contributed by atoms with Crippen molar-refractivity contribution in [2.75, 3.05) is 38.5 Å². The monoisotopic (exact) mass is 345 g/mol. The van der Waals surface area contributed by atoms with E-state index in [0.29, 0.717) is 5.69 Å². The van der Waals surface area contributed by atoms with E-state index in [4.69, 9.17) is 0 Å². The van der Waals surface area contributed by atoms with Gasteiger partial charge in [0, 0.05) is 25.3 Å². The summed E-state index contributed by atoms with van der Waals surface area (Å²) >= 11 is 0. The summed E-state index contributed by atoms with van der Waals surface area (Å²) in [6.07, 6.45) is -3.73. The number of anilines is 1. The molecule has 1 fully saturated rings. The number of rotatable bonds is 4. The topological polar surface area (TPSA) is 44.8 Å². The minimum absolute atomic E-state index is 0.177. The van der Waals surface area contributed by atoms with Crippen LogP contribution in [0, 0.1) is 0 Å².